The molecule has 0 aromatic heterocycles. The average Bonchev–Trinajstić information content (AvgIpc) is 2.82. The molecule has 0 saturated carbocycles. The van der Waals surface area contributed by atoms with E-state index in [4.69, 9.17) is 0 Å². The van der Waals surface area contributed by atoms with E-state index in [1.54, 1.807) is 0 Å². The van der Waals surface area contributed by atoms with Crippen LogP contribution in [0.2, 0.25) is 18.1 Å². The molecule has 0 aliphatic carbocycles. The van der Waals surface area contributed by atoms with E-state index >= 15 is 0 Å². The van der Waals surface area contributed by atoms with Crippen LogP contribution in [0, 0.1) is 0 Å². The highest BCUT2D eigenvalue weighted by atomic mass is 28.3. The summed E-state index contributed by atoms with van der Waals surface area (Å²) in [5, 5.41) is 0. The van der Waals surface area contributed by atoms with Gasteiger partial charge in [0.2, 0.25) is 0 Å². The van der Waals surface area contributed by atoms with Crippen LogP contribution in [0.3, 0.4) is 0 Å². The molecule has 2 heteroatoms. The lowest BCUT2D eigenvalue weighted by molar-refractivity contribution is 0.339. The molecule has 100 valence electrons. The van der Waals surface area contributed by atoms with Crippen LogP contribution in [0.4, 0.5) is 0 Å². The van der Waals surface area contributed by atoms with Crippen LogP contribution in [-0.2, 0) is 0 Å². The van der Waals surface area contributed by atoms with E-state index in [0.717, 1.165) is 0 Å². The molecular formula is C15H31NSi. The van der Waals surface area contributed by atoms with Crippen molar-refractivity contribution >= 4 is 8.07 Å². The average molecular weight is 254 g/mol. The third-order valence-corrected chi connectivity index (χ3v) is 9.48. The van der Waals surface area contributed by atoms with Crippen molar-refractivity contribution in [2.24, 2.45) is 0 Å². The summed E-state index contributed by atoms with van der Waals surface area (Å²) in [5.41, 5.74) is 2.39. The largest absolute Gasteiger partial charge is 0.303 e. The van der Waals surface area contributed by atoms with E-state index in [-0.39, 0.29) is 0 Å². The molecule has 0 amide bonds. The molecule has 1 aliphatic heterocycles. The van der Waals surface area contributed by atoms with Gasteiger partial charge in [0.05, 0.1) is 8.07 Å². The highest BCUT2D eigenvalue weighted by Gasteiger charge is 2.27. The van der Waals surface area contributed by atoms with Gasteiger partial charge in [-0.25, -0.2) is 0 Å². The molecule has 0 spiro atoms. The second-order valence-electron chi connectivity index (χ2n) is 5.72. The molecule has 0 bridgehead atoms. The summed E-state index contributed by atoms with van der Waals surface area (Å²) in [6.45, 7) is 12.9. The summed E-state index contributed by atoms with van der Waals surface area (Å²) >= 11 is 0. The Balaban J connectivity index is 2.33. The molecule has 1 aliphatic rings. The molecule has 1 nitrogen and oxygen atoms in total. The molecule has 1 rings (SSSR count). The van der Waals surface area contributed by atoms with Gasteiger partial charge in [-0.05, 0) is 38.9 Å². The van der Waals surface area contributed by atoms with Gasteiger partial charge in [-0.15, -0.1) is 12.3 Å². The first kappa shape index (κ1) is 15.0. The Labute approximate surface area is 109 Å². The zero-order chi connectivity index (χ0) is 12.6. The number of hydrogen-bond acceptors (Lipinski definition) is 1. The quantitative estimate of drug-likeness (QED) is 0.548. The Kier molecular flexibility index (Phi) is 7.13. The molecular weight excluding hydrogens is 222 g/mol. The van der Waals surface area contributed by atoms with Gasteiger partial charge in [-0.3, -0.25) is 0 Å². The summed E-state index contributed by atoms with van der Waals surface area (Å²) in [6, 6.07) is 4.41. The third kappa shape index (κ3) is 4.97. The van der Waals surface area contributed by atoms with Crippen LogP contribution >= 0.6 is 0 Å². The summed E-state index contributed by atoms with van der Waals surface area (Å²) in [7, 11) is -1.10. The van der Waals surface area contributed by atoms with Crippen molar-refractivity contribution in [2.75, 3.05) is 19.6 Å². The summed E-state index contributed by atoms with van der Waals surface area (Å²) in [6.07, 6.45) is 6.96. The Morgan fingerprint density at radius 1 is 1.06 bits per heavy atom. The number of nitrogens with zero attached hydrogens (tertiary/aromatic N) is 1. The summed E-state index contributed by atoms with van der Waals surface area (Å²) < 4.78 is 0. The molecule has 1 saturated heterocycles. The van der Waals surface area contributed by atoms with Crippen LogP contribution in [-0.4, -0.2) is 32.6 Å². The van der Waals surface area contributed by atoms with Crippen molar-refractivity contribution in [3.8, 4) is 0 Å². The highest BCUT2D eigenvalue weighted by molar-refractivity contribution is 6.84. The molecule has 0 radical (unpaired) electrons. The zero-order valence-electron chi connectivity index (χ0n) is 12.0. The Hall–Kier alpha value is -0.0831. The fraction of sp³-hybridized carbons (Fsp3) is 0.867. The second kappa shape index (κ2) is 8.10. The van der Waals surface area contributed by atoms with Crippen LogP contribution in [0.25, 0.3) is 0 Å². The second-order valence-corrected chi connectivity index (χ2v) is 10.4. The smallest absolute Gasteiger partial charge is 0.0770 e. The van der Waals surface area contributed by atoms with Crippen molar-refractivity contribution in [1.82, 2.24) is 4.90 Å². The topological polar surface area (TPSA) is 3.24 Å². The molecule has 0 aromatic rings. The van der Waals surface area contributed by atoms with Crippen molar-refractivity contribution in [2.45, 2.75) is 64.1 Å². The standard InChI is InChI=1S/C15H31NSi/c1-4-13-17(6-3,14-5-2)15-9-12-16-10-7-8-11-16/h6H,3-5,7-15H2,1-2H3. The first-order chi connectivity index (χ1) is 8.26. The van der Waals surface area contributed by atoms with Crippen LogP contribution in [0.1, 0.15) is 46.0 Å². The lowest BCUT2D eigenvalue weighted by atomic mass is 10.4. The third-order valence-electron chi connectivity index (χ3n) is 4.28. The van der Waals surface area contributed by atoms with E-state index < -0.39 is 8.07 Å². The summed E-state index contributed by atoms with van der Waals surface area (Å²) in [4.78, 5) is 2.65. The van der Waals surface area contributed by atoms with Gasteiger partial charge < -0.3 is 4.90 Å². The van der Waals surface area contributed by atoms with Gasteiger partial charge in [-0.2, -0.15) is 0 Å². The maximum Gasteiger partial charge on any atom is 0.0770 e. The van der Waals surface area contributed by atoms with Crippen molar-refractivity contribution in [3.05, 3.63) is 12.3 Å². The number of rotatable bonds is 9. The molecule has 0 unspecified atom stereocenters. The monoisotopic (exact) mass is 253 g/mol. The Bertz CT molecular complexity index is 203. The minimum Gasteiger partial charge on any atom is -0.303 e. The number of likely N-dealkylation sites (tertiary alicyclic amines) is 1. The fourth-order valence-electron chi connectivity index (χ4n) is 3.34. The van der Waals surface area contributed by atoms with Gasteiger partial charge in [0.1, 0.15) is 0 Å². The highest BCUT2D eigenvalue weighted by Crippen LogP contribution is 2.27. The van der Waals surface area contributed by atoms with Crippen LogP contribution in [0.15, 0.2) is 12.3 Å². The number of hydrogen-bond donors (Lipinski definition) is 0. The molecule has 1 fully saturated rings. The van der Waals surface area contributed by atoms with E-state index in [9.17, 15) is 0 Å². The normalized spacial score (nSPS) is 17.5. The van der Waals surface area contributed by atoms with Gasteiger partial charge in [0.25, 0.3) is 0 Å². The SMILES string of the molecule is C=C[Si](CCC)(CCC)CCCN1CCCC1. The van der Waals surface area contributed by atoms with E-state index in [0.29, 0.717) is 0 Å². The van der Waals surface area contributed by atoms with E-state index in [2.05, 4.69) is 31.0 Å². The fourth-order valence-corrected chi connectivity index (χ4v) is 7.55. The molecule has 0 aromatic carbocycles. The summed E-state index contributed by atoms with van der Waals surface area (Å²) in [5.74, 6) is 0. The molecule has 0 atom stereocenters. The lowest BCUT2D eigenvalue weighted by Gasteiger charge is -2.28. The maximum absolute atomic E-state index is 4.17. The van der Waals surface area contributed by atoms with Gasteiger partial charge >= 0.3 is 0 Å². The van der Waals surface area contributed by atoms with E-state index in [1.807, 2.05) is 0 Å². The minimum absolute atomic E-state index is 1.10. The van der Waals surface area contributed by atoms with Crippen LogP contribution < -0.4 is 0 Å². The first-order valence-electron chi connectivity index (χ1n) is 7.62. The molecule has 0 N–H and O–H groups in total. The van der Waals surface area contributed by atoms with Crippen LogP contribution in [0.5, 0.6) is 0 Å². The Morgan fingerprint density at radius 3 is 2.12 bits per heavy atom. The van der Waals surface area contributed by atoms with Crippen molar-refractivity contribution in [1.29, 1.82) is 0 Å². The van der Waals surface area contributed by atoms with Crippen molar-refractivity contribution < 1.29 is 0 Å². The Morgan fingerprint density at radius 2 is 1.65 bits per heavy atom. The van der Waals surface area contributed by atoms with E-state index in [1.165, 1.54) is 69.9 Å². The molecule has 1 heterocycles. The van der Waals surface area contributed by atoms with Gasteiger partial charge in [-0.1, -0.05) is 44.8 Å². The lowest BCUT2D eigenvalue weighted by Crippen LogP contribution is -2.32. The molecule has 17 heavy (non-hydrogen) atoms. The van der Waals surface area contributed by atoms with Gasteiger partial charge in [0, 0.05) is 0 Å². The zero-order valence-corrected chi connectivity index (χ0v) is 13.0. The van der Waals surface area contributed by atoms with Gasteiger partial charge in [0.15, 0.2) is 0 Å². The van der Waals surface area contributed by atoms with Crippen molar-refractivity contribution in [3.63, 3.8) is 0 Å². The minimum atomic E-state index is -1.10. The maximum atomic E-state index is 4.17. The predicted octanol–water partition coefficient (Wildman–Crippen LogP) is 4.47. The first-order valence-corrected chi connectivity index (χ1v) is 10.3. The predicted molar refractivity (Wildman–Crippen MR) is 81.2 cm³/mol.